The van der Waals surface area contributed by atoms with Gasteiger partial charge in [-0.25, -0.2) is 13.1 Å². The predicted molar refractivity (Wildman–Crippen MR) is 124 cm³/mol. The lowest BCUT2D eigenvalue weighted by atomic mass is 9.85. The van der Waals surface area contributed by atoms with Gasteiger partial charge in [-0.1, -0.05) is 70.0 Å². The second-order valence-corrected chi connectivity index (χ2v) is 9.95. The van der Waals surface area contributed by atoms with Gasteiger partial charge in [-0.3, -0.25) is 4.79 Å². The molecule has 0 aliphatic heterocycles. The summed E-state index contributed by atoms with van der Waals surface area (Å²) in [6.07, 6.45) is 0. The number of carbonyl (C=O) groups excluding carboxylic acids is 1. The molecular formula is C24H24BrNO4S. The maximum atomic E-state index is 13.3. The molecule has 3 aromatic carbocycles. The quantitative estimate of drug-likeness (QED) is 0.460. The van der Waals surface area contributed by atoms with Gasteiger partial charge in [0.1, 0.15) is 5.92 Å². The van der Waals surface area contributed by atoms with Crippen LogP contribution < -0.4 is 4.72 Å². The van der Waals surface area contributed by atoms with E-state index in [9.17, 15) is 13.2 Å². The van der Waals surface area contributed by atoms with Gasteiger partial charge in [0, 0.05) is 4.47 Å². The Morgan fingerprint density at radius 1 is 0.935 bits per heavy atom. The van der Waals surface area contributed by atoms with Gasteiger partial charge in [0.15, 0.2) is 0 Å². The van der Waals surface area contributed by atoms with Gasteiger partial charge in [-0.15, -0.1) is 0 Å². The number of ether oxygens (including phenoxy) is 1. The van der Waals surface area contributed by atoms with E-state index in [4.69, 9.17) is 4.74 Å². The van der Waals surface area contributed by atoms with Crippen molar-refractivity contribution in [1.29, 1.82) is 0 Å². The van der Waals surface area contributed by atoms with Crippen LogP contribution in [0.25, 0.3) is 0 Å². The van der Waals surface area contributed by atoms with Crippen LogP contribution in [0.5, 0.6) is 0 Å². The van der Waals surface area contributed by atoms with Crippen molar-refractivity contribution >= 4 is 31.9 Å². The molecule has 0 aliphatic rings. The Labute approximate surface area is 191 Å². The third-order valence-corrected chi connectivity index (χ3v) is 7.14. The Kier molecular flexibility index (Phi) is 7.30. The van der Waals surface area contributed by atoms with Gasteiger partial charge in [-0.05, 0) is 54.8 Å². The average Bonchev–Trinajstić information content (AvgIpc) is 2.75. The Morgan fingerprint density at radius 3 is 2.13 bits per heavy atom. The molecule has 3 rings (SSSR count). The molecule has 0 unspecified atom stereocenters. The summed E-state index contributed by atoms with van der Waals surface area (Å²) in [6.45, 7) is 3.78. The first-order chi connectivity index (χ1) is 14.7. The maximum absolute atomic E-state index is 13.3. The second kappa shape index (κ2) is 9.77. The van der Waals surface area contributed by atoms with Crippen molar-refractivity contribution in [3.05, 3.63) is 99.5 Å². The van der Waals surface area contributed by atoms with Crippen LogP contribution in [0.15, 0.2) is 82.2 Å². The largest absolute Gasteiger partial charge is 0.468 e. The third kappa shape index (κ3) is 5.42. The standard InChI is InChI=1S/C24H24BrNO4S/c1-16-8-14-20(15-9-16)31(28,29)26-23(18-10-12-19(25)13-11-18)22(24(27)30-3)21-7-5-4-6-17(21)2/h4-15,22-23,26H,1-3H3/t22-,23-/m0/s1. The zero-order valence-electron chi connectivity index (χ0n) is 17.5. The number of esters is 1. The van der Waals surface area contributed by atoms with Crippen LogP contribution in [0.4, 0.5) is 0 Å². The van der Waals surface area contributed by atoms with E-state index in [2.05, 4.69) is 20.7 Å². The van der Waals surface area contributed by atoms with Crippen LogP contribution in [-0.4, -0.2) is 21.5 Å². The highest BCUT2D eigenvalue weighted by molar-refractivity contribution is 9.10. The van der Waals surface area contributed by atoms with Gasteiger partial charge in [0.25, 0.3) is 0 Å². The molecule has 0 aliphatic carbocycles. The van der Waals surface area contributed by atoms with Crippen LogP contribution in [0.1, 0.15) is 34.2 Å². The summed E-state index contributed by atoms with van der Waals surface area (Å²) < 4.78 is 35.2. The lowest BCUT2D eigenvalue weighted by Gasteiger charge is -2.28. The molecule has 2 atom stereocenters. The molecule has 0 aromatic heterocycles. The van der Waals surface area contributed by atoms with Crippen molar-refractivity contribution in [2.45, 2.75) is 30.7 Å². The topological polar surface area (TPSA) is 72.5 Å². The number of carbonyl (C=O) groups is 1. The Hall–Kier alpha value is -2.48. The number of aryl methyl sites for hydroxylation is 2. The van der Waals surface area contributed by atoms with E-state index in [1.807, 2.05) is 50.2 Å². The number of rotatable bonds is 7. The number of hydrogen-bond acceptors (Lipinski definition) is 4. The fraction of sp³-hybridized carbons (Fsp3) is 0.208. The summed E-state index contributed by atoms with van der Waals surface area (Å²) in [5.74, 6) is -1.39. The molecule has 31 heavy (non-hydrogen) atoms. The molecule has 1 N–H and O–H groups in total. The van der Waals surface area contributed by atoms with E-state index >= 15 is 0 Å². The van der Waals surface area contributed by atoms with E-state index in [1.54, 1.807) is 36.4 Å². The van der Waals surface area contributed by atoms with E-state index in [1.165, 1.54) is 7.11 Å². The van der Waals surface area contributed by atoms with Crippen molar-refractivity contribution in [1.82, 2.24) is 4.72 Å². The number of halogens is 1. The molecule has 0 saturated carbocycles. The predicted octanol–water partition coefficient (Wildman–Crippen LogP) is 5.04. The normalized spacial score (nSPS) is 13.4. The first-order valence-electron chi connectivity index (χ1n) is 9.71. The number of nitrogens with one attached hydrogen (secondary N) is 1. The molecule has 3 aromatic rings. The first-order valence-corrected chi connectivity index (χ1v) is 12.0. The first kappa shape index (κ1) is 23.2. The molecule has 0 saturated heterocycles. The van der Waals surface area contributed by atoms with Crippen molar-refractivity contribution in [2.24, 2.45) is 0 Å². The molecule has 0 spiro atoms. The molecule has 0 bridgehead atoms. The summed E-state index contributed by atoms with van der Waals surface area (Å²) in [5, 5.41) is 0. The van der Waals surface area contributed by atoms with Crippen molar-refractivity contribution < 1.29 is 17.9 Å². The minimum atomic E-state index is -3.91. The van der Waals surface area contributed by atoms with Gasteiger partial charge in [-0.2, -0.15) is 0 Å². The molecule has 0 fully saturated rings. The summed E-state index contributed by atoms with van der Waals surface area (Å²) in [7, 11) is -2.61. The zero-order valence-corrected chi connectivity index (χ0v) is 19.9. The van der Waals surface area contributed by atoms with Crippen molar-refractivity contribution in [2.75, 3.05) is 7.11 Å². The smallest absolute Gasteiger partial charge is 0.315 e. The summed E-state index contributed by atoms with van der Waals surface area (Å²) >= 11 is 3.41. The summed E-state index contributed by atoms with van der Waals surface area (Å²) in [6, 6.07) is 20.3. The molecule has 7 heteroatoms. The Balaban J connectivity index is 2.15. The zero-order chi connectivity index (χ0) is 22.6. The SMILES string of the molecule is COC(=O)[C@@H](c1ccccc1C)[C@@H](NS(=O)(=O)c1ccc(C)cc1)c1ccc(Br)cc1. The number of methoxy groups -OCH3 is 1. The van der Waals surface area contributed by atoms with Gasteiger partial charge >= 0.3 is 5.97 Å². The Bertz CT molecular complexity index is 1160. The van der Waals surface area contributed by atoms with Crippen molar-refractivity contribution in [3.63, 3.8) is 0 Å². The van der Waals surface area contributed by atoms with Crippen LogP contribution in [0.3, 0.4) is 0 Å². The highest BCUT2D eigenvalue weighted by Gasteiger charge is 2.36. The number of hydrogen-bond donors (Lipinski definition) is 1. The van der Waals surface area contributed by atoms with E-state index < -0.39 is 28.0 Å². The molecule has 0 radical (unpaired) electrons. The number of sulfonamides is 1. The fourth-order valence-electron chi connectivity index (χ4n) is 3.46. The highest BCUT2D eigenvalue weighted by atomic mass is 79.9. The lowest BCUT2D eigenvalue weighted by molar-refractivity contribution is -0.143. The maximum Gasteiger partial charge on any atom is 0.315 e. The van der Waals surface area contributed by atoms with E-state index in [0.717, 1.165) is 15.6 Å². The monoisotopic (exact) mass is 501 g/mol. The summed E-state index contributed by atoms with van der Waals surface area (Å²) in [5.41, 5.74) is 3.18. The molecular weight excluding hydrogens is 478 g/mol. The number of benzene rings is 3. The van der Waals surface area contributed by atoms with Crippen LogP contribution in [-0.2, 0) is 19.6 Å². The van der Waals surface area contributed by atoms with Gasteiger partial charge < -0.3 is 4.74 Å². The lowest BCUT2D eigenvalue weighted by Crippen LogP contribution is -2.36. The Morgan fingerprint density at radius 2 is 1.55 bits per heavy atom. The molecule has 0 amide bonds. The van der Waals surface area contributed by atoms with Gasteiger partial charge in [0.05, 0.1) is 18.0 Å². The van der Waals surface area contributed by atoms with E-state index in [-0.39, 0.29) is 4.90 Å². The van der Waals surface area contributed by atoms with Crippen LogP contribution in [0, 0.1) is 13.8 Å². The van der Waals surface area contributed by atoms with Crippen LogP contribution >= 0.6 is 15.9 Å². The minimum absolute atomic E-state index is 0.133. The summed E-state index contributed by atoms with van der Waals surface area (Å²) in [4.78, 5) is 13.1. The van der Waals surface area contributed by atoms with E-state index in [0.29, 0.717) is 11.1 Å². The van der Waals surface area contributed by atoms with Crippen molar-refractivity contribution in [3.8, 4) is 0 Å². The molecule has 162 valence electrons. The third-order valence-electron chi connectivity index (χ3n) is 5.15. The highest BCUT2D eigenvalue weighted by Crippen LogP contribution is 2.35. The minimum Gasteiger partial charge on any atom is -0.468 e. The second-order valence-electron chi connectivity index (χ2n) is 7.32. The fourth-order valence-corrected chi connectivity index (χ4v) is 4.96. The van der Waals surface area contributed by atoms with Gasteiger partial charge in [0.2, 0.25) is 10.0 Å². The van der Waals surface area contributed by atoms with Crippen LogP contribution in [0.2, 0.25) is 0 Å². The molecule has 5 nitrogen and oxygen atoms in total. The average molecular weight is 502 g/mol. The molecule has 0 heterocycles.